The van der Waals surface area contributed by atoms with Gasteiger partial charge < -0.3 is 14.5 Å². The molecular weight excluding hydrogens is 540 g/mol. The van der Waals surface area contributed by atoms with Crippen molar-refractivity contribution < 1.29 is 40.8 Å². The number of hydrogen-bond acceptors (Lipinski definition) is 5. The SMILES string of the molecule is O=C(O)c1cnc(N2CCC3(C=C(c4c(-c5ccccc5C(F)(F)F)noc4C4CC4)C3)CC2)cc1C(F)(F)F. The van der Waals surface area contributed by atoms with Gasteiger partial charge in [-0.25, -0.2) is 9.78 Å². The smallest absolute Gasteiger partial charge is 0.417 e. The van der Waals surface area contributed by atoms with Crippen LogP contribution in [0.3, 0.4) is 0 Å². The van der Waals surface area contributed by atoms with Crippen molar-refractivity contribution in [2.24, 2.45) is 5.41 Å². The summed E-state index contributed by atoms with van der Waals surface area (Å²) in [6, 6.07) is 6.06. The van der Waals surface area contributed by atoms with Gasteiger partial charge >= 0.3 is 18.3 Å². The molecule has 6 nitrogen and oxygen atoms in total. The van der Waals surface area contributed by atoms with Crippen LogP contribution >= 0.6 is 0 Å². The molecule has 12 heteroatoms. The van der Waals surface area contributed by atoms with E-state index in [1.54, 1.807) is 4.90 Å². The molecule has 1 aliphatic heterocycles. The number of hydrogen-bond donors (Lipinski definition) is 1. The summed E-state index contributed by atoms with van der Waals surface area (Å²) >= 11 is 0. The van der Waals surface area contributed by atoms with Crippen LogP contribution in [0.4, 0.5) is 32.2 Å². The van der Waals surface area contributed by atoms with Gasteiger partial charge in [-0.2, -0.15) is 26.3 Å². The highest BCUT2D eigenvalue weighted by atomic mass is 19.4. The van der Waals surface area contributed by atoms with E-state index >= 15 is 0 Å². The van der Waals surface area contributed by atoms with Crippen molar-refractivity contribution >= 4 is 17.4 Å². The Balaban J connectivity index is 1.26. The third-order valence-corrected chi connectivity index (χ3v) is 8.01. The maximum absolute atomic E-state index is 13.8. The van der Waals surface area contributed by atoms with E-state index in [9.17, 15) is 31.1 Å². The molecule has 6 rings (SSSR count). The number of carboxylic acid groups (broad SMARTS) is 1. The molecule has 210 valence electrons. The number of benzene rings is 1. The maximum Gasteiger partial charge on any atom is 0.417 e. The van der Waals surface area contributed by atoms with Crippen molar-refractivity contribution in [2.45, 2.75) is 50.4 Å². The van der Waals surface area contributed by atoms with Gasteiger partial charge in [0.2, 0.25) is 0 Å². The summed E-state index contributed by atoms with van der Waals surface area (Å²) < 4.78 is 87.3. The second-order valence-corrected chi connectivity index (χ2v) is 10.7. The molecule has 3 aliphatic rings. The number of aromatic carboxylic acids is 1. The van der Waals surface area contributed by atoms with Crippen LogP contribution < -0.4 is 4.90 Å². The topological polar surface area (TPSA) is 79.5 Å². The number of halogens is 6. The predicted molar refractivity (Wildman–Crippen MR) is 132 cm³/mol. The summed E-state index contributed by atoms with van der Waals surface area (Å²) in [6.07, 6.45) is -3.08. The number of alkyl halides is 6. The number of pyridine rings is 1. The van der Waals surface area contributed by atoms with E-state index in [-0.39, 0.29) is 28.4 Å². The van der Waals surface area contributed by atoms with Gasteiger partial charge in [-0.05, 0) is 55.2 Å². The fourth-order valence-corrected chi connectivity index (χ4v) is 5.76. The average molecular weight is 563 g/mol. The van der Waals surface area contributed by atoms with Gasteiger partial charge in [-0.3, -0.25) is 0 Å². The van der Waals surface area contributed by atoms with Crippen LogP contribution in [0.25, 0.3) is 16.8 Å². The van der Waals surface area contributed by atoms with Crippen molar-refractivity contribution in [3.05, 3.63) is 70.6 Å². The molecule has 0 bridgehead atoms. The number of rotatable bonds is 5. The van der Waals surface area contributed by atoms with Crippen LogP contribution in [0.2, 0.25) is 0 Å². The third-order valence-electron chi connectivity index (χ3n) is 8.01. The molecule has 1 saturated carbocycles. The number of carboxylic acids is 1. The van der Waals surface area contributed by atoms with Crippen molar-refractivity contribution in [1.29, 1.82) is 0 Å². The Morgan fingerprint density at radius 3 is 2.27 bits per heavy atom. The van der Waals surface area contributed by atoms with Crippen molar-refractivity contribution in [1.82, 2.24) is 10.1 Å². The summed E-state index contributed by atoms with van der Waals surface area (Å²) in [5.74, 6) is -0.923. The Labute approximate surface area is 224 Å². The van der Waals surface area contributed by atoms with Crippen LogP contribution in [0.15, 0.2) is 47.1 Å². The summed E-state index contributed by atoms with van der Waals surface area (Å²) in [5.41, 5.74) is -1.56. The lowest BCUT2D eigenvalue weighted by Crippen LogP contribution is -2.42. The molecule has 1 spiro atoms. The second-order valence-electron chi connectivity index (χ2n) is 10.7. The van der Waals surface area contributed by atoms with Crippen molar-refractivity contribution in [3.63, 3.8) is 0 Å². The Morgan fingerprint density at radius 1 is 1.02 bits per heavy atom. The van der Waals surface area contributed by atoms with Crippen LogP contribution in [0.5, 0.6) is 0 Å². The van der Waals surface area contributed by atoms with E-state index in [4.69, 9.17) is 9.63 Å². The van der Waals surface area contributed by atoms with Gasteiger partial charge in [0, 0.05) is 36.3 Å². The fourth-order valence-electron chi connectivity index (χ4n) is 5.76. The third kappa shape index (κ3) is 4.62. The first-order valence-electron chi connectivity index (χ1n) is 12.8. The van der Waals surface area contributed by atoms with Crippen molar-refractivity contribution in [3.8, 4) is 11.3 Å². The number of piperidine rings is 1. The molecule has 0 radical (unpaired) electrons. The fraction of sp³-hybridized carbons (Fsp3) is 0.393. The number of aromatic nitrogens is 2. The lowest BCUT2D eigenvalue weighted by atomic mass is 9.63. The monoisotopic (exact) mass is 563 g/mol. The maximum atomic E-state index is 13.8. The number of nitrogens with zero attached hydrogens (tertiary/aromatic N) is 3. The van der Waals surface area contributed by atoms with Crippen LogP contribution in [0.1, 0.15) is 70.8 Å². The van der Waals surface area contributed by atoms with E-state index in [0.717, 1.165) is 36.7 Å². The standard InChI is InChI=1S/C28H23F6N3O3/c29-27(30,31)19-4-2-1-3-17(19)23-22(24(40-36-23)15-5-6-15)16-12-26(13-16)7-9-37(10-8-26)21-11-20(28(32,33)34)18(14-35-21)25(38)39/h1-4,11-12,14-15H,5-10,13H2,(H,38,39). The highest BCUT2D eigenvalue weighted by Crippen LogP contribution is 2.56. The molecule has 0 atom stereocenters. The first kappa shape index (κ1) is 26.4. The Hall–Kier alpha value is -3.83. The molecule has 1 saturated heterocycles. The summed E-state index contributed by atoms with van der Waals surface area (Å²) in [4.78, 5) is 16.9. The largest absolute Gasteiger partial charge is 0.478 e. The Kier molecular flexibility index (Phi) is 6.01. The molecule has 1 aromatic carbocycles. The highest BCUT2D eigenvalue weighted by Gasteiger charge is 2.45. The molecule has 0 unspecified atom stereocenters. The van der Waals surface area contributed by atoms with Crippen molar-refractivity contribution in [2.75, 3.05) is 18.0 Å². The zero-order valence-electron chi connectivity index (χ0n) is 20.9. The van der Waals surface area contributed by atoms with E-state index in [0.29, 0.717) is 43.7 Å². The number of anilines is 1. The zero-order chi connectivity index (χ0) is 28.4. The number of allylic oxidation sites excluding steroid dienone is 2. The Bertz CT molecular complexity index is 1510. The first-order valence-corrected chi connectivity index (χ1v) is 12.8. The summed E-state index contributed by atoms with van der Waals surface area (Å²) in [7, 11) is 0. The number of carbonyl (C=O) groups is 1. The normalized spacial score (nSPS) is 18.9. The summed E-state index contributed by atoms with van der Waals surface area (Å²) in [5, 5.41) is 13.2. The van der Waals surface area contributed by atoms with Gasteiger partial charge in [0.1, 0.15) is 17.3 Å². The lowest BCUT2D eigenvalue weighted by Gasteiger charge is -2.46. The van der Waals surface area contributed by atoms with E-state index in [1.165, 1.54) is 18.2 Å². The molecule has 2 aliphatic carbocycles. The second kappa shape index (κ2) is 9.10. The molecule has 40 heavy (non-hydrogen) atoms. The van der Waals surface area contributed by atoms with Crippen LogP contribution in [-0.2, 0) is 12.4 Å². The first-order chi connectivity index (χ1) is 18.9. The molecule has 1 N–H and O–H groups in total. The minimum Gasteiger partial charge on any atom is -0.478 e. The van der Waals surface area contributed by atoms with E-state index < -0.39 is 35.0 Å². The van der Waals surface area contributed by atoms with E-state index in [2.05, 4.69) is 10.1 Å². The van der Waals surface area contributed by atoms with E-state index in [1.807, 2.05) is 6.08 Å². The van der Waals surface area contributed by atoms with Gasteiger partial charge in [-0.1, -0.05) is 29.4 Å². The summed E-state index contributed by atoms with van der Waals surface area (Å²) in [6.45, 7) is 0.784. The van der Waals surface area contributed by atoms with Gasteiger partial charge in [-0.15, -0.1) is 0 Å². The van der Waals surface area contributed by atoms with Gasteiger partial charge in [0.05, 0.1) is 16.7 Å². The Morgan fingerprint density at radius 2 is 1.68 bits per heavy atom. The zero-order valence-corrected chi connectivity index (χ0v) is 20.9. The molecule has 3 heterocycles. The molecule has 2 fully saturated rings. The van der Waals surface area contributed by atoms with Gasteiger partial charge in [0.15, 0.2) is 0 Å². The van der Waals surface area contributed by atoms with Gasteiger partial charge in [0.25, 0.3) is 0 Å². The minimum atomic E-state index is -4.84. The molecule has 2 aromatic heterocycles. The highest BCUT2D eigenvalue weighted by molar-refractivity contribution is 5.89. The molecular formula is C28H23F6N3O3. The van der Waals surface area contributed by atoms with Crippen LogP contribution in [0, 0.1) is 5.41 Å². The molecule has 0 amide bonds. The average Bonchev–Trinajstić information content (AvgIpc) is 3.64. The molecule has 3 aromatic rings. The quantitative estimate of drug-likeness (QED) is 0.326. The lowest BCUT2D eigenvalue weighted by molar-refractivity contribution is -0.138. The minimum absolute atomic E-state index is 0.0336. The predicted octanol–water partition coefficient (Wildman–Crippen LogP) is 7.42. The van der Waals surface area contributed by atoms with Crippen LogP contribution in [-0.4, -0.2) is 34.3 Å².